The number of aryl methyl sites for hydroxylation is 1. The summed E-state index contributed by atoms with van der Waals surface area (Å²) >= 11 is 0. The van der Waals surface area contributed by atoms with Crippen molar-refractivity contribution in [1.82, 2.24) is 4.98 Å². The van der Waals surface area contributed by atoms with Gasteiger partial charge in [0.25, 0.3) is 0 Å². The van der Waals surface area contributed by atoms with Gasteiger partial charge in [0.1, 0.15) is 13.2 Å². The highest BCUT2D eigenvalue weighted by Gasteiger charge is 2.26. The van der Waals surface area contributed by atoms with Crippen molar-refractivity contribution in [1.29, 1.82) is 0 Å². The van der Waals surface area contributed by atoms with Crippen molar-refractivity contribution in [2.75, 3.05) is 19.8 Å². The van der Waals surface area contributed by atoms with Gasteiger partial charge in [0.05, 0.1) is 0 Å². The molecule has 0 radical (unpaired) electrons. The third-order valence-electron chi connectivity index (χ3n) is 3.84. The monoisotopic (exact) mass is 260 g/mol. The molecule has 3 rings (SSSR count). The first-order valence-electron chi connectivity index (χ1n) is 6.65. The van der Waals surface area contributed by atoms with Gasteiger partial charge in [0, 0.05) is 34.6 Å². The summed E-state index contributed by atoms with van der Waals surface area (Å²) in [6, 6.07) is 4.09. The van der Waals surface area contributed by atoms with E-state index in [2.05, 4.69) is 31.8 Å². The van der Waals surface area contributed by atoms with Gasteiger partial charge < -0.3 is 20.2 Å². The van der Waals surface area contributed by atoms with Crippen LogP contribution in [0.15, 0.2) is 12.1 Å². The zero-order valence-electron chi connectivity index (χ0n) is 11.7. The van der Waals surface area contributed by atoms with Gasteiger partial charge in [-0.2, -0.15) is 0 Å². The quantitative estimate of drug-likeness (QED) is 0.872. The highest BCUT2D eigenvalue weighted by Crippen LogP contribution is 2.39. The number of aromatic nitrogens is 1. The molecule has 3 N–H and O–H groups in total. The number of ether oxygens (including phenoxy) is 2. The lowest BCUT2D eigenvalue weighted by Crippen LogP contribution is -2.28. The van der Waals surface area contributed by atoms with Crippen molar-refractivity contribution in [3.05, 3.63) is 23.4 Å². The number of nitrogens with one attached hydrogen (secondary N) is 1. The van der Waals surface area contributed by atoms with Gasteiger partial charge in [-0.05, 0) is 18.6 Å². The molecule has 1 aromatic carbocycles. The minimum atomic E-state index is -0.0634. The van der Waals surface area contributed by atoms with Crippen molar-refractivity contribution in [3.63, 3.8) is 0 Å². The lowest BCUT2D eigenvalue weighted by atomic mass is 9.83. The molecule has 4 nitrogen and oxygen atoms in total. The third-order valence-corrected chi connectivity index (χ3v) is 3.84. The van der Waals surface area contributed by atoms with E-state index in [1.807, 2.05) is 6.07 Å². The first-order valence-corrected chi connectivity index (χ1v) is 6.65. The molecule has 0 atom stereocenters. The van der Waals surface area contributed by atoms with Crippen molar-refractivity contribution in [2.24, 2.45) is 5.73 Å². The fourth-order valence-electron chi connectivity index (χ4n) is 2.84. The first-order chi connectivity index (χ1) is 9.03. The molecule has 0 unspecified atom stereocenters. The molecule has 0 saturated heterocycles. The summed E-state index contributed by atoms with van der Waals surface area (Å²) in [6.07, 6.45) is 0. The van der Waals surface area contributed by atoms with Gasteiger partial charge in [0.15, 0.2) is 11.5 Å². The fourth-order valence-corrected chi connectivity index (χ4v) is 2.84. The Morgan fingerprint density at radius 3 is 2.47 bits per heavy atom. The van der Waals surface area contributed by atoms with Crippen LogP contribution < -0.4 is 15.2 Å². The molecule has 4 heteroatoms. The predicted molar refractivity (Wildman–Crippen MR) is 76.1 cm³/mol. The summed E-state index contributed by atoms with van der Waals surface area (Å²) in [6.45, 7) is 8.25. The van der Waals surface area contributed by atoms with Gasteiger partial charge in [-0.3, -0.25) is 0 Å². The van der Waals surface area contributed by atoms with E-state index in [4.69, 9.17) is 15.2 Å². The Bertz CT molecular complexity index is 629. The molecule has 102 valence electrons. The molecule has 1 aliphatic heterocycles. The van der Waals surface area contributed by atoms with Crippen LogP contribution in [0.4, 0.5) is 0 Å². The predicted octanol–water partition coefficient (Wildman–Crippen LogP) is 2.48. The Labute approximate surface area is 112 Å². The van der Waals surface area contributed by atoms with Crippen LogP contribution in [0.5, 0.6) is 11.5 Å². The van der Waals surface area contributed by atoms with E-state index in [9.17, 15) is 0 Å². The number of hydrogen-bond donors (Lipinski definition) is 2. The molecular formula is C15H20N2O2. The maximum absolute atomic E-state index is 5.93. The SMILES string of the molecule is Cc1[nH]c2cc3c(cc2c1C(C)(C)CN)OCCO3. The minimum absolute atomic E-state index is 0.0634. The second-order valence-corrected chi connectivity index (χ2v) is 5.75. The van der Waals surface area contributed by atoms with Gasteiger partial charge >= 0.3 is 0 Å². The number of fused-ring (bicyclic) bond motifs is 2. The van der Waals surface area contributed by atoms with E-state index in [-0.39, 0.29) is 5.41 Å². The molecule has 0 amide bonds. The van der Waals surface area contributed by atoms with Crippen LogP contribution >= 0.6 is 0 Å². The Kier molecular flexibility index (Phi) is 2.71. The molecule has 1 aliphatic rings. The third kappa shape index (κ3) is 1.87. The van der Waals surface area contributed by atoms with Crippen LogP contribution in [0.25, 0.3) is 10.9 Å². The van der Waals surface area contributed by atoms with Crippen LogP contribution in [0.2, 0.25) is 0 Å². The zero-order chi connectivity index (χ0) is 13.6. The summed E-state index contributed by atoms with van der Waals surface area (Å²) in [7, 11) is 0. The molecule has 1 aromatic heterocycles. The summed E-state index contributed by atoms with van der Waals surface area (Å²) < 4.78 is 11.3. The number of aromatic amines is 1. The first kappa shape index (κ1) is 12.4. The van der Waals surface area contributed by atoms with Crippen LogP contribution in [-0.2, 0) is 5.41 Å². The minimum Gasteiger partial charge on any atom is -0.486 e. The second-order valence-electron chi connectivity index (χ2n) is 5.75. The van der Waals surface area contributed by atoms with Gasteiger partial charge in [0.2, 0.25) is 0 Å². The maximum atomic E-state index is 5.93. The van der Waals surface area contributed by atoms with Crippen molar-refractivity contribution in [2.45, 2.75) is 26.2 Å². The molecule has 0 spiro atoms. The number of hydrogen-bond acceptors (Lipinski definition) is 3. The van der Waals surface area contributed by atoms with Gasteiger partial charge in [-0.1, -0.05) is 13.8 Å². The van der Waals surface area contributed by atoms with Crippen LogP contribution in [0.3, 0.4) is 0 Å². The molecule has 2 aromatic rings. The largest absolute Gasteiger partial charge is 0.486 e. The number of H-pyrrole nitrogens is 1. The number of rotatable bonds is 2. The van der Waals surface area contributed by atoms with E-state index in [0.29, 0.717) is 19.8 Å². The molecule has 0 aliphatic carbocycles. The lowest BCUT2D eigenvalue weighted by molar-refractivity contribution is 0.172. The highest BCUT2D eigenvalue weighted by atomic mass is 16.6. The average Bonchev–Trinajstić information content (AvgIpc) is 2.71. The number of benzene rings is 1. The van der Waals surface area contributed by atoms with Crippen LogP contribution in [-0.4, -0.2) is 24.7 Å². The van der Waals surface area contributed by atoms with Crippen molar-refractivity contribution < 1.29 is 9.47 Å². The molecule has 0 saturated carbocycles. The highest BCUT2D eigenvalue weighted by molar-refractivity contribution is 5.89. The Morgan fingerprint density at radius 2 is 1.84 bits per heavy atom. The normalized spacial score (nSPS) is 14.9. The van der Waals surface area contributed by atoms with Gasteiger partial charge in [-0.15, -0.1) is 0 Å². The Hall–Kier alpha value is -1.68. The summed E-state index contributed by atoms with van der Waals surface area (Å²) in [4.78, 5) is 3.43. The summed E-state index contributed by atoms with van der Waals surface area (Å²) in [5, 5.41) is 1.18. The van der Waals surface area contributed by atoms with Crippen LogP contribution in [0, 0.1) is 6.92 Å². The molecule has 2 heterocycles. The van der Waals surface area contributed by atoms with E-state index in [1.54, 1.807) is 0 Å². The fraction of sp³-hybridized carbons (Fsp3) is 0.467. The summed E-state index contributed by atoms with van der Waals surface area (Å²) in [5.41, 5.74) is 9.37. The zero-order valence-corrected chi connectivity index (χ0v) is 11.7. The Morgan fingerprint density at radius 1 is 1.21 bits per heavy atom. The standard InChI is InChI=1S/C15H20N2O2/c1-9-14(15(2,3)8-16)10-6-12-13(7-11(10)17-9)19-5-4-18-12/h6-7,17H,4-5,8,16H2,1-3H3. The van der Waals surface area contributed by atoms with E-state index in [0.717, 1.165) is 22.7 Å². The van der Waals surface area contributed by atoms with E-state index >= 15 is 0 Å². The van der Waals surface area contributed by atoms with Gasteiger partial charge in [-0.25, -0.2) is 0 Å². The van der Waals surface area contributed by atoms with E-state index in [1.165, 1.54) is 10.9 Å². The smallest absolute Gasteiger partial charge is 0.163 e. The van der Waals surface area contributed by atoms with E-state index < -0.39 is 0 Å². The molecular weight excluding hydrogens is 240 g/mol. The average molecular weight is 260 g/mol. The Balaban J connectivity index is 2.26. The molecule has 19 heavy (non-hydrogen) atoms. The lowest BCUT2D eigenvalue weighted by Gasteiger charge is -2.24. The number of nitrogens with two attached hydrogens (primary N) is 1. The summed E-state index contributed by atoms with van der Waals surface area (Å²) in [5.74, 6) is 1.64. The van der Waals surface area contributed by atoms with Crippen molar-refractivity contribution in [3.8, 4) is 11.5 Å². The molecule has 0 fully saturated rings. The second kappa shape index (κ2) is 4.17. The van der Waals surface area contributed by atoms with Crippen molar-refractivity contribution >= 4 is 10.9 Å². The van der Waals surface area contributed by atoms with Crippen LogP contribution in [0.1, 0.15) is 25.1 Å². The topological polar surface area (TPSA) is 60.3 Å². The molecule has 0 bridgehead atoms. The maximum Gasteiger partial charge on any atom is 0.163 e.